The maximum absolute atomic E-state index is 10.4. The van der Waals surface area contributed by atoms with E-state index in [9.17, 15) is 5.11 Å². The van der Waals surface area contributed by atoms with Gasteiger partial charge in [0.1, 0.15) is 18.0 Å². The molecule has 0 bridgehead atoms. The number of hydrogen-bond acceptors (Lipinski definition) is 3. The summed E-state index contributed by atoms with van der Waals surface area (Å²) in [5, 5.41) is 10.4. The summed E-state index contributed by atoms with van der Waals surface area (Å²) in [6.07, 6.45) is 0. The Bertz CT molecular complexity index is 533. The summed E-state index contributed by atoms with van der Waals surface area (Å²) in [6, 6.07) is 17.2. The van der Waals surface area contributed by atoms with Crippen molar-refractivity contribution in [3.8, 4) is 5.75 Å². The van der Waals surface area contributed by atoms with Crippen LogP contribution in [0.4, 0.5) is 0 Å². The molecule has 0 aliphatic heterocycles. The Morgan fingerprint density at radius 1 is 1.10 bits per heavy atom. The lowest BCUT2D eigenvalue weighted by Gasteiger charge is -2.24. The van der Waals surface area contributed by atoms with E-state index >= 15 is 0 Å². The summed E-state index contributed by atoms with van der Waals surface area (Å²) in [4.78, 5) is 0. The number of ether oxygens (including phenoxy) is 1. The van der Waals surface area contributed by atoms with Crippen molar-refractivity contribution in [3.63, 3.8) is 0 Å². The van der Waals surface area contributed by atoms with Gasteiger partial charge in [-0.3, -0.25) is 0 Å². The second kappa shape index (κ2) is 6.07. The molecule has 0 aliphatic carbocycles. The predicted octanol–water partition coefficient (Wildman–Crippen LogP) is 2.99. The molecule has 3 N–H and O–H groups in total. The normalized spacial score (nSPS) is 15.4. The first-order valence-corrected chi connectivity index (χ1v) is 6.75. The minimum atomic E-state index is -1.01. The number of nitrogens with two attached hydrogens (primary N) is 1. The molecule has 2 aromatic carbocycles. The van der Waals surface area contributed by atoms with Crippen LogP contribution in [0.25, 0.3) is 0 Å². The Kier molecular flexibility index (Phi) is 4.42. The van der Waals surface area contributed by atoms with Gasteiger partial charge in [-0.25, -0.2) is 0 Å². The van der Waals surface area contributed by atoms with Crippen molar-refractivity contribution in [2.24, 2.45) is 5.73 Å². The largest absolute Gasteiger partial charge is 0.490 e. The zero-order valence-electron chi connectivity index (χ0n) is 11.9. The standard InChI is InChI=1S/C17H21NO2/c1-13(18)14-8-10-16(11-9-14)20-12-17(2,19)15-6-4-3-5-7-15/h3-11,13,19H,12,18H2,1-2H3/t13-,17?/m0/s1. The van der Waals surface area contributed by atoms with Crippen molar-refractivity contribution in [3.05, 3.63) is 65.7 Å². The molecule has 2 rings (SSSR count). The number of rotatable bonds is 5. The molecule has 0 saturated carbocycles. The van der Waals surface area contributed by atoms with E-state index in [1.165, 1.54) is 0 Å². The smallest absolute Gasteiger partial charge is 0.121 e. The molecular weight excluding hydrogens is 250 g/mol. The van der Waals surface area contributed by atoms with Crippen molar-refractivity contribution in [2.45, 2.75) is 25.5 Å². The monoisotopic (exact) mass is 271 g/mol. The quantitative estimate of drug-likeness (QED) is 0.879. The fraction of sp³-hybridized carbons (Fsp3) is 0.294. The van der Waals surface area contributed by atoms with E-state index in [0.717, 1.165) is 16.9 Å². The van der Waals surface area contributed by atoms with Crippen LogP contribution < -0.4 is 10.5 Å². The molecule has 3 nitrogen and oxygen atoms in total. The molecule has 1 unspecified atom stereocenters. The third-order valence-corrected chi connectivity index (χ3v) is 3.32. The van der Waals surface area contributed by atoms with Gasteiger partial charge >= 0.3 is 0 Å². The number of benzene rings is 2. The maximum Gasteiger partial charge on any atom is 0.121 e. The van der Waals surface area contributed by atoms with Crippen LogP contribution in [0.5, 0.6) is 5.75 Å². The summed E-state index contributed by atoms with van der Waals surface area (Å²) in [7, 11) is 0. The molecular formula is C17H21NO2. The van der Waals surface area contributed by atoms with Crippen molar-refractivity contribution in [1.82, 2.24) is 0 Å². The minimum absolute atomic E-state index is 0.0106. The van der Waals surface area contributed by atoms with Gasteiger partial charge < -0.3 is 15.6 Å². The van der Waals surface area contributed by atoms with Gasteiger partial charge in [-0.05, 0) is 37.1 Å². The molecule has 106 valence electrons. The topological polar surface area (TPSA) is 55.5 Å². The fourth-order valence-electron chi connectivity index (χ4n) is 1.97. The van der Waals surface area contributed by atoms with Gasteiger partial charge in [0.25, 0.3) is 0 Å². The lowest BCUT2D eigenvalue weighted by Crippen LogP contribution is -2.29. The third-order valence-electron chi connectivity index (χ3n) is 3.32. The van der Waals surface area contributed by atoms with Crippen LogP contribution in [0.1, 0.15) is 31.0 Å². The molecule has 0 saturated heterocycles. The van der Waals surface area contributed by atoms with Crippen molar-refractivity contribution in [1.29, 1.82) is 0 Å². The number of hydrogen-bond donors (Lipinski definition) is 2. The molecule has 0 fully saturated rings. The second-order valence-electron chi connectivity index (χ2n) is 5.29. The minimum Gasteiger partial charge on any atom is -0.490 e. The van der Waals surface area contributed by atoms with E-state index in [1.807, 2.05) is 61.5 Å². The van der Waals surface area contributed by atoms with Gasteiger partial charge in [0.2, 0.25) is 0 Å². The zero-order chi connectivity index (χ0) is 14.6. The van der Waals surface area contributed by atoms with Crippen molar-refractivity contribution >= 4 is 0 Å². The van der Waals surface area contributed by atoms with Crippen LogP contribution in [0, 0.1) is 0 Å². The molecule has 3 heteroatoms. The van der Waals surface area contributed by atoms with E-state index < -0.39 is 5.60 Å². The molecule has 0 radical (unpaired) electrons. The van der Waals surface area contributed by atoms with E-state index in [1.54, 1.807) is 6.92 Å². The van der Waals surface area contributed by atoms with Gasteiger partial charge in [-0.15, -0.1) is 0 Å². The molecule has 0 aliphatic rings. The summed E-state index contributed by atoms with van der Waals surface area (Å²) >= 11 is 0. The fourth-order valence-corrected chi connectivity index (χ4v) is 1.97. The Morgan fingerprint density at radius 3 is 2.25 bits per heavy atom. The van der Waals surface area contributed by atoms with E-state index in [0.29, 0.717) is 0 Å². The van der Waals surface area contributed by atoms with Gasteiger partial charge in [-0.2, -0.15) is 0 Å². The van der Waals surface area contributed by atoms with Gasteiger partial charge in [0.15, 0.2) is 0 Å². The highest BCUT2D eigenvalue weighted by Gasteiger charge is 2.23. The summed E-state index contributed by atoms with van der Waals surface area (Å²) < 4.78 is 5.67. The average molecular weight is 271 g/mol. The zero-order valence-corrected chi connectivity index (χ0v) is 11.9. The van der Waals surface area contributed by atoms with Crippen LogP contribution in [0.3, 0.4) is 0 Å². The second-order valence-corrected chi connectivity index (χ2v) is 5.29. The number of aliphatic hydroxyl groups is 1. The molecule has 2 atom stereocenters. The van der Waals surface area contributed by atoms with Gasteiger partial charge in [-0.1, -0.05) is 42.5 Å². The van der Waals surface area contributed by atoms with Crippen molar-refractivity contribution in [2.75, 3.05) is 6.61 Å². The first kappa shape index (κ1) is 14.6. The molecule has 0 amide bonds. The van der Waals surface area contributed by atoms with E-state index in [-0.39, 0.29) is 12.6 Å². The Hall–Kier alpha value is -1.84. The third kappa shape index (κ3) is 3.59. The highest BCUT2D eigenvalue weighted by Crippen LogP contribution is 2.23. The average Bonchev–Trinajstić information content (AvgIpc) is 2.46. The molecule has 0 heterocycles. The lowest BCUT2D eigenvalue weighted by atomic mass is 9.97. The highest BCUT2D eigenvalue weighted by molar-refractivity contribution is 5.29. The first-order valence-electron chi connectivity index (χ1n) is 6.75. The van der Waals surface area contributed by atoms with Crippen LogP contribution >= 0.6 is 0 Å². The molecule has 2 aromatic rings. The van der Waals surface area contributed by atoms with E-state index in [2.05, 4.69) is 0 Å². The Balaban J connectivity index is 2.01. The van der Waals surface area contributed by atoms with Crippen molar-refractivity contribution < 1.29 is 9.84 Å². The maximum atomic E-state index is 10.4. The lowest BCUT2D eigenvalue weighted by molar-refractivity contribution is 0.00759. The SMILES string of the molecule is C[C@H](N)c1ccc(OCC(C)(O)c2ccccc2)cc1. The Morgan fingerprint density at radius 2 is 1.70 bits per heavy atom. The first-order chi connectivity index (χ1) is 9.49. The highest BCUT2D eigenvalue weighted by atomic mass is 16.5. The van der Waals surface area contributed by atoms with Gasteiger partial charge in [0.05, 0.1) is 0 Å². The molecule has 0 spiro atoms. The van der Waals surface area contributed by atoms with Gasteiger partial charge in [0, 0.05) is 6.04 Å². The summed E-state index contributed by atoms with van der Waals surface area (Å²) in [5.74, 6) is 0.727. The van der Waals surface area contributed by atoms with Crippen LogP contribution in [-0.4, -0.2) is 11.7 Å². The molecule has 0 aromatic heterocycles. The van der Waals surface area contributed by atoms with Crippen LogP contribution in [0.2, 0.25) is 0 Å². The van der Waals surface area contributed by atoms with Crippen LogP contribution in [0.15, 0.2) is 54.6 Å². The van der Waals surface area contributed by atoms with E-state index in [4.69, 9.17) is 10.5 Å². The molecule has 20 heavy (non-hydrogen) atoms. The van der Waals surface area contributed by atoms with Crippen LogP contribution in [-0.2, 0) is 5.60 Å². The summed E-state index contributed by atoms with van der Waals surface area (Å²) in [5.41, 5.74) is 6.69. The predicted molar refractivity (Wildman–Crippen MR) is 80.6 cm³/mol. The summed E-state index contributed by atoms with van der Waals surface area (Å²) in [6.45, 7) is 3.89. The Labute approximate surface area is 120 Å².